The van der Waals surface area contributed by atoms with Gasteiger partial charge >= 0.3 is 0 Å². The molecule has 1 aromatic heterocycles. The molecule has 2 aliphatic rings. The average Bonchev–Trinajstić information content (AvgIpc) is 3.00. The van der Waals surface area contributed by atoms with E-state index in [4.69, 9.17) is 9.47 Å². The molecule has 1 unspecified atom stereocenters. The highest BCUT2D eigenvalue weighted by Gasteiger charge is 2.28. The van der Waals surface area contributed by atoms with Crippen molar-refractivity contribution in [2.75, 3.05) is 19.6 Å². The summed E-state index contributed by atoms with van der Waals surface area (Å²) in [5, 5.41) is 4.38. The fourth-order valence-corrected chi connectivity index (χ4v) is 2.51. The molecule has 92 valence electrons. The third kappa shape index (κ3) is 2.15. The summed E-state index contributed by atoms with van der Waals surface area (Å²) in [5.41, 5.74) is 1.23. The van der Waals surface area contributed by atoms with Gasteiger partial charge in [0.15, 0.2) is 0 Å². The fourth-order valence-electron chi connectivity index (χ4n) is 2.51. The largest absolute Gasteiger partial charge is 0.458 e. The molecule has 1 aromatic rings. The molecule has 0 spiro atoms. The Morgan fingerprint density at radius 2 is 2.24 bits per heavy atom. The second-order valence-electron chi connectivity index (χ2n) is 4.59. The summed E-state index contributed by atoms with van der Waals surface area (Å²) >= 11 is 0. The van der Waals surface area contributed by atoms with Gasteiger partial charge in [0.25, 0.3) is 6.29 Å². The predicted octanol–water partition coefficient (Wildman–Crippen LogP) is 1.28. The Bertz CT molecular complexity index is 408. The van der Waals surface area contributed by atoms with Crippen LogP contribution in [0.3, 0.4) is 0 Å². The number of aromatic nitrogens is 2. The van der Waals surface area contributed by atoms with Gasteiger partial charge < -0.3 is 9.47 Å². The van der Waals surface area contributed by atoms with Gasteiger partial charge in [-0.25, -0.2) is 0 Å². The van der Waals surface area contributed by atoms with Crippen LogP contribution in [0, 0.1) is 6.92 Å². The Morgan fingerprint density at radius 1 is 1.41 bits per heavy atom. The van der Waals surface area contributed by atoms with Crippen LogP contribution in [0.5, 0.6) is 0 Å². The maximum atomic E-state index is 5.30. The SMILES string of the molecule is Cc1ccnn1C1CCN(CC2OC=CO2)C1. The number of hydrogen-bond acceptors (Lipinski definition) is 4. The summed E-state index contributed by atoms with van der Waals surface area (Å²) in [6, 6.07) is 2.54. The molecule has 1 atom stereocenters. The van der Waals surface area contributed by atoms with Gasteiger partial charge in [-0.05, 0) is 19.4 Å². The molecule has 0 aromatic carbocycles. The van der Waals surface area contributed by atoms with Gasteiger partial charge in [-0.2, -0.15) is 5.10 Å². The first-order valence-electron chi connectivity index (χ1n) is 6.01. The van der Waals surface area contributed by atoms with Crippen molar-refractivity contribution in [1.29, 1.82) is 0 Å². The van der Waals surface area contributed by atoms with Crippen LogP contribution in [0.2, 0.25) is 0 Å². The van der Waals surface area contributed by atoms with E-state index in [0.717, 1.165) is 26.1 Å². The summed E-state index contributed by atoms with van der Waals surface area (Å²) in [6.07, 6.45) is 6.09. The number of hydrogen-bond donors (Lipinski definition) is 0. The highest BCUT2D eigenvalue weighted by Crippen LogP contribution is 2.23. The van der Waals surface area contributed by atoms with Crippen LogP contribution in [0.1, 0.15) is 18.2 Å². The predicted molar refractivity (Wildman–Crippen MR) is 62.2 cm³/mol. The second kappa shape index (κ2) is 4.41. The molecule has 0 bridgehead atoms. The lowest BCUT2D eigenvalue weighted by Crippen LogP contribution is -2.31. The topological polar surface area (TPSA) is 39.5 Å². The quantitative estimate of drug-likeness (QED) is 0.791. The minimum Gasteiger partial charge on any atom is -0.458 e. The number of ether oxygens (including phenoxy) is 2. The van der Waals surface area contributed by atoms with E-state index in [1.807, 2.05) is 6.20 Å². The zero-order valence-corrected chi connectivity index (χ0v) is 9.95. The van der Waals surface area contributed by atoms with E-state index in [2.05, 4.69) is 27.7 Å². The average molecular weight is 235 g/mol. The van der Waals surface area contributed by atoms with Crippen molar-refractivity contribution in [3.63, 3.8) is 0 Å². The van der Waals surface area contributed by atoms with Crippen LogP contribution in [0.25, 0.3) is 0 Å². The molecule has 5 nitrogen and oxygen atoms in total. The first-order valence-corrected chi connectivity index (χ1v) is 6.01. The monoisotopic (exact) mass is 235 g/mol. The molecule has 1 fully saturated rings. The van der Waals surface area contributed by atoms with E-state index in [1.165, 1.54) is 5.69 Å². The van der Waals surface area contributed by atoms with Gasteiger partial charge in [0.05, 0.1) is 12.6 Å². The normalized spacial score (nSPS) is 25.1. The maximum Gasteiger partial charge on any atom is 0.252 e. The van der Waals surface area contributed by atoms with Crippen LogP contribution in [-0.4, -0.2) is 40.6 Å². The van der Waals surface area contributed by atoms with Gasteiger partial charge in [0.2, 0.25) is 0 Å². The molecule has 0 amide bonds. The second-order valence-corrected chi connectivity index (χ2v) is 4.59. The lowest BCUT2D eigenvalue weighted by Gasteiger charge is -2.19. The van der Waals surface area contributed by atoms with Crippen LogP contribution in [-0.2, 0) is 9.47 Å². The molecular weight excluding hydrogens is 218 g/mol. The standard InChI is InChI=1S/C12H17N3O2/c1-10-2-4-13-15(10)11-3-5-14(8-11)9-12-16-6-7-17-12/h2,4,6-7,11-12H,3,5,8-9H2,1H3. The van der Waals surface area contributed by atoms with Crippen molar-refractivity contribution in [3.05, 3.63) is 30.5 Å². The van der Waals surface area contributed by atoms with Crippen molar-refractivity contribution < 1.29 is 9.47 Å². The highest BCUT2D eigenvalue weighted by atomic mass is 16.7. The molecule has 2 aliphatic heterocycles. The third-order valence-corrected chi connectivity index (χ3v) is 3.39. The molecule has 0 aliphatic carbocycles. The van der Waals surface area contributed by atoms with Crippen LogP contribution >= 0.6 is 0 Å². The number of aryl methyl sites for hydroxylation is 1. The minimum absolute atomic E-state index is 0.132. The lowest BCUT2D eigenvalue weighted by molar-refractivity contribution is -0.0420. The Balaban J connectivity index is 1.56. The zero-order valence-electron chi connectivity index (χ0n) is 9.95. The number of likely N-dealkylation sites (tertiary alicyclic amines) is 1. The zero-order chi connectivity index (χ0) is 11.7. The summed E-state index contributed by atoms with van der Waals surface area (Å²) in [7, 11) is 0. The first-order chi connectivity index (χ1) is 8.33. The van der Waals surface area contributed by atoms with Crippen LogP contribution in [0.4, 0.5) is 0 Å². The van der Waals surface area contributed by atoms with Gasteiger partial charge in [-0.1, -0.05) is 0 Å². The summed E-state index contributed by atoms with van der Waals surface area (Å²) in [5.74, 6) is 0. The van der Waals surface area contributed by atoms with Crippen molar-refractivity contribution >= 4 is 0 Å². The Hall–Kier alpha value is -1.49. The van der Waals surface area contributed by atoms with E-state index >= 15 is 0 Å². The van der Waals surface area contributed by atoms with Crippen molar-refractivity contribution in [1.82, 2.24) is 14.7 Å². The molecule has 17 heavy (non-hydrogen) atoms. The Kier molecular flexibility index (Phi) is 2.76. The lowest BCUT2D eigenvalue weighted by atomic mass is 10.2. The van der Waals surface area contributed by atoms with E-state index in [9.17, 15) is 0 Å². The van der Waals surface area contributed by atoms with Gasteiger partial charge in [-0.3, -0.25) is 9.58 Å². The molecule has 0 radical (unpaired) electrons. The summed E-state index contributed by atoms with van der Waals surface area (Å²) in [6.45, 7) is 5.02. The Labute approximate surface area is 101 Å². The maximum absolute atomic E-state index is 5.30. The number of rotatable bonds is 3. The van der Waals surface area contributed by atoms with Gasteiger partial charge in [0, 0.05) is 25.0 Å². The van der Waals surface area contributed by atoms with Crippen molar-refractivity contribution in [2.45, 2.75) is 25.7 Å². The van der Waals surface area contributed by atoms with Crippen molar-refractivity contribution in [3.8, 4) is 0 Å². The molecule has 3 rings (SSSR count). The number of nitrogens with zero attached hydrogens (tertiary/aromatic N) is 3. The van der Waals surface area contributed by atoms with E-state index < -0.39 is 0 Å². The van der Waals surface area contributed by atoms with Gasteiger partial charge in [0.1, 0.15) is 12.5 Å². The first kappa shape index (κ1) is 10.7. The Morgan fingerprint density at radius 3 is 2.94 bits per heavy atom. The molecule has 0 saturated carbocycles. The van der Waals surface area contributed by atoms with Gasteiger partial charge in [-0.15, -0.1) is 0 Å². The molecular formula is C12H17N3O2. The summed E-state index contributed by atoms with van der Waals surface area (Å²) < 4.78 is 12.7. The van der Waals surface area contributed by atoms with E-state index in [-0.39, 0.29) is 6.29 Å². The third-order valence-electron chi connectivity index (χ3n) is 3.39. The minimum atomic E-state index is -0.132. The summed E-state index contributed by atoms with van der Waals surface area (Å²) in [4.78, 5) is 2.36. The van der Waals surface area contributed by atoms with E-state index in [0.29, 0.717) is 6.04 Å². The molecule has 3 heterocycles. The molecule has 0 N–H and O–H groups in total. The molecule has 1 saturated heterocycles. The smallest absolute Gasteiger partial charge is 0.252 e. The van der Waals surface area contributed by atoms with Crippen LogP contribution < -0.4 is 0 Å². The van der Waals surface area contributed by atoms with Crippen molar-refractivity contribution in [2.24, 2.45) is 0 Å². The fraction of sp³-hybridized carbons (Fsp3) is 0.583. The van der Waals surface area contributed by atoms with Crippen LogP contribution in [0.15, 0.2) is 24.8 Å². The molecule has 5 heteroatoms. The van der Waals surface area contributed by atoms with E-state index in [1.54, 1.807) is 12.5 Å². The highest BCUT2D eigenvalue weighted by molar-refractivity contribution is 5.00.